The fourth-order valence-electron chi connectivity index (χ4n) is 2.72. The minimum atomic E-state index is -0.390. The average molecular weight is 279 g/mol. The van der Waals surface area contributed by atoms with Crippen molar-refractivity contribution in [2.24, 2.45) is 11.7 Å². The molecule has 1 aliphatic rings. The summed E-state index contributed by atoms with van der Waals surface area (Å²) in [5, 5.41) is 11.0. The fourth-order valence-corrected chi connectivity index (χ4v) is 2.72. The van der Waals surface area contributed by atoms with Crippen LogP contribution in [-0.2, 0) is 0 Å². The zero-order valence-electron chi connectivity index (χ0n) is 11.9. The molecule has 0 saturated carbocycles. The number of ether oxygens (including phenoxy) is 1. The molecule has 0 radical (unpaired) electrons. The third kappa shape index (κ3) is 3.39. The van der Waals surface area contributed by atoms with Crippen LogP contribution in [0.25, 0.3) is 0 Å². The van der Waals surface area contributed by atoms with Crippen LogP contribution >= 0.6 is 0 Å². The van der Waals surface area contributed by atoms with E-state index in [-0.39, 0.29) is 16.7 Å². The summed E-state index contributed by atoms with van der Waals surface area (Å²) in [6.45, 7) is 6.07. The molecule has 1 aromatic rings. The maximum absolute atomic E-state index is 11.0. The van der Waals surface area contributed by atoms with Crippen LogP contribution in [0.4, 0.5) is 11.4 Å². The molecule has 6 nitrogen and oxygen atoms in total. The molecule has 110 valence electrons. The van der Waals surface area contributed by atoms with E-state index in [2.05, 4.69) is 11.8 Å². The van der Waals surface area contributed by atoms with Gasteiger partial charge < -0.3 is 15.4 Å². The Morgan fingerprint density at radius 2 is 2.20 bits per heavy atom. The number of anilines is 1. The van der Waals surface area contributed by atoms with E-state index in [0.29, 0.717) is 18.3 Å². The van der Waals surface area contributed by atoms with Gasteiger partial charge >= 0.3 is 0 Å². The molecule has 1 aliphatic heterocycles. The van der Waals surface area contributed by atoms with Gasteiger partial charge in [-0.05, 0) is 19.3 Å². The molecule has 2 N–H and O–H groups in total. The normalized spacial score (nSPS) is 22.6. The van der Waals surface area contributed by atoms with Gasteiger partial charge in [0, 0.05) is 37.0 Å². The Labute approximate surface area is 118 Å². The van der Waals surface area contributed by atoms with Crippen molar-refractivity contribution in [1.29, 1.82) is 0 Å². The second-order valence-electron chi connectivity index (χ2n) is 5.38. The molecule has 1 aromatic carbocycles. The molecule has 1 saturated heterocycles. The summed E-state index contributed by atoms with van der Waals surface area (Å²) in [6.07, 6.45) is 0.990. The number of piperidine rings is 1. The lowest BCUT2D eigenvalue weighted by atomic mass is 9.96. The first-order chi connectivity index (χ1) is 9.49. The highest BCUT2D eigenvalue weighted by Gasteiger charge is 2.24. The van der Waals surface area contributed by atoms with Crippen molar-refractivity contribution < 1.29 is 9.66 Å². The molecule has 0 aliphatic carbocycles. The number of rotatable bonds is 4. The predicted molar refractivity (Wildman–Crippen MR) is 78.2 cm³/mol. The van der Waals surface area contributed by atoms with Gasteiger partial charge in [-0.3, -0.25) is 10.1 Å². The van der Waals surface area contributed by atoms with E-state index in [1.165, 1.54) is 6.07 Å². The lowest BCUT2D eigenvalue weighted by molar-refractivity contribution is -0.384. The Balaban J connectivity index is 2.31. The number of hydrogen-bond acceptors (Lipinski definition) is 5. The highest BCUT2D eigenvalue weighted by molar-refractivity contribution is 5.58. The quantitative estimate of drug-likeness (QED) is 0.674. The van der Waals surface area contributed by atoms with Crippen molar-refractivity contribution in [3.63, 3.8) is 0 Å². The number of benzene rings is 1. The maximum atomic E-state index is 11.0. The minimum absolute atomic E-state index is 0.0535. The standard InChI is InChI=1S/C14H21N3O3/c1-3-20-14-6-12(5-13(7-14)17(18)19)16-8-10(2)4-11(15)9-16/h5-7,10-11H,3-4,8-9,15H2,1-2H3. The SMILES string of the molecule is CCOc1cc(N2CC(C)CC(N)C2)cc([N+](=O)[O-])c1. The molecule has 1 heterocycles. The van der Waals surface area contributed by atoms with Gasteiger partial charge in [0.05, 0.1) is 17.6 Å². The van der Waals surface area contributed by atoms with E-state index >= 15 is 0 Å². The molecular weight excluding hydrogens is 258 g/mol. The van der Waals surface area contributed by atoms with Crippen LogP contribution in [0.3, 0.4) is 0 Å². The third-order valence-corrected chi connectivity index (χ3v) is 3.46. The van der Waals surface area contributed by atoms with Crippen molar-refractivity contribution in [1.82, 2.24) is 0 Å². The number of non-ortho nitro benzene ring substituents is 1. The van der Waals surface area contributed by atoms with Crippen LogP contribution in [0.1, 0.15) is 20.3 Å². The first-order valence-electron chi connectivity index (χ1n) is 6.92. The van der Waals surface area contributed by atoms with Gasteiger partial charge in [-0.25, -0.2) is 0 Å². The van der Waals surface area contributed by atoms with E-state index in [0.717, 1.165) is 25.2 Å². The number of nitrogens with two attached hydrogens (primary N) is 1. The smallest absolute Gasteiger partial charge is 0.275 e. The van der Waals surface area contributed by atoms with Crippen LogP contribution < -0.4 is 15.4 Å². The minimum Gasteiger partial charge on any atom is -0.494 e. The summed E-state index contributed by atoms with van der Waals surface area (Å²) in [6, 6.07) is 5.00. The lowest BCUT2D eigenvalue weighted by Crippen LogP contribution is -2.46. The Morgan fingerprint density at radius 1 is 1.45 bits per heavy atom. The van der Waals surface area contributed by atoms with Crippen LogP contribution in [-0.4, -0.2) is 30.7 Å². The Morgan fingerprint density at radius 3 is 2.80 bits per heavy atom. The Hall–Kier alpha value is -1.82. The van der Waals surface area contributed by atoms with Gasteiger partial charge in [0.2, 0.25) is 0 Å². The molecular formula is C14H21N3O3. The van der Waals surface area contributed by atoms with Gasteiger partial charge in [-0.15, -0.1) is 0 Å². The van der Waals surface area contributed by atoms with E-state index in [4.69, 9.17) is 10.5 Å². The highest BCUT2D eigenvalue weighted by atomic mass is 16.6. The van der Waals surface area contributed by atoms with Crippen molar-refractivity contribution in [2.75, 3.05) is 24.6 Å². The molecule has 0 amide bonds. The molecule has 0 spiro atoms. The van der Waals surface area contributed by atoms with E-state index in [1.807, 2.05) is 13.0 Å². The third-order valence-electron chi connectivity index (χ3n) is 3.46. The summed E-state index contributed by atoms with van der Waals surface area (Å²) in [7, 11) is 0. The summed E-state index contributed by atoms with van der Waals surface area (Å²) in [5.74, 6) is 1.01. The summed E-state index contributed by atoms with van der Waals surface area (Å²) in [5.41, 5.74) is 6.90. The fraction of sp³-hybridized carbons (Fsp3) is 0.571. The highest BCUT2D eigenvalue weighted by Crippen LogP contribution is 2.31. The molecule has 2 atom stereocenters. The predicted octanol–water partition coefficient (Wildman–Crippen LogP) is 2.17. The van der Waals surface area contributed by atoms with Gasteiger partial charge in [0.15, 0.2) is 0 Å². The van der Waals surface area contributed by atoms with Gasteiger partial charge in [-0.1, -0.05) is 6.92 Å². The topological polar surface area (TPSA) is 81.6 Å². The molecule has 2 rings (SSSR count). The lowest BCUT2D eigenvalue weighted by Gasteiger charge is -2.36. The van der Waals surface area contributed by atoms with Gasteiger partial charge in [0.25, 0.3) is 5.69 Å². The monoisotopic (exact) mass is 279 g/mol. The van der Waals surface area contributed by atoms with Crippen molar-refractivity contribution in [3.05, 3.63) is 28.3 Å². The number of nitrogens with zero attached hydrogens (tertiary/aromatic N) is 2. The summed E-state index contributed by atoms with van der Waals surface area (Å²) >= 11 is 0. The molecule has 20 heavy (non-hydrogen) atoms. The van der Waals surface area contributed by atoms with Crippen molar-refractivity contribution in [2.45, 2.75) is 26.3 Å². The molecule has 2 unspecified atom stereocenters. The zero-order valence-corrected chi connectivity index (χ0v) is 11.9. The zero-order chi connectivity index (χ0) is 14.7. The molecule has 1 fully saturated rings. The van der Waals surface area contributed by atoms with Crippen molar-refractivity contribution >= 4 is 11.4 Å². The first-order valence-corrected chi connectivity index (χ1v) is 6.92. The van der Waals surface area contributed by atoms with E-state index in [1.54, 1.807) is 6.07 Å². The van der Waals surface area contributed by atoms with Gasteiger partial charge in [0.1, 0.15) is 5.75 Å². The Bertz CT molecular complexity index is 483. The van der Waals surface area contributed by atoms with Crippen LogP contribution in [0, 0.1) is 16.0 Å². The second kappa shape index (κ2) is 6.09. The van der Waals surface area contributed by atoms with E-state index in [9.17, 15) is 10.1 Å². The van der Waals surface area contributed by atoms with E-state index < -0.39 is 0 Å². The number of hydrogen-bond donors (Lipinski definition) is 1. The molecule has 0 aromatic heterocycles. The largest absolute Gasteiger partial charge is 0.494 e. The van der Waals surface area contributed by atoms with Crippen LogP contribution in [0.2, 0.25) is 0 Å². The van der Waals surface area contributed by atoms with Crippen LogP contribution in [0.15, 0.2) is 18.2 Å². The van der Waals surface area contributed by atoms with Crippen molar-refractivity contribution in [3.8, 4) is 5.75 Å². The summed E-state index contributed by atoms with van der Waals surface area (Å²) < 4.78 is 5.42. The first kappa shape index (κ1) is 14.6. The average Bonchev–Trinajstić information content (AvgIpc) is 2.37. The number of nitro groups is 1. The number of nitro benzene ring substituents is 1. The second-order valence-corrected chi connectivity index (χ2v) is 5.38. The Kier molecular flexibility index (Phi) is 4.44. The van der Waals surface area contributed by atoms with Crippen LogP contribution in [0.5, 0.6) is 5.75 Å². The maximum Gasteiger partial charge on any atom is 0.275 e. The molecule has 0 bridgehead atoms. The molecule has 6 heteroatoms. The summed E-state index contributed by atoms with van der Waals surface area (Å²) in [4.78, 5) is 12.7. The van der Waals surface area contributed by atoms with Gasteiger partial charge in [-0.2, -0.15) is 0 Å².